The Morgan fingerprint density at radius 3 is 2.89 bits per heavy atom. The second-order valence-corrected chi connectivity index (χ2v) is 4.40. The van der Waals surface area contributed by atoms with E-state index in [-0.39, 0.29) is 6.03 Å². The summed E-state index contributed by atoms with van der Waals surface area (Å²) >= 11 is 0. The molecule has 0 saturated carbocycles. The average molecular weight is 257 g/mol. The summed E-state index contributed by atoms with van der Waals surface area (Å²) in [6.45, 7) is 1.66. The van der Waals surface area contributed by atoms with Crippen molar-refractivity contribution in [2.75, 3.05) is 17.2 Å². The number of aromatic amines is 1. The van der Waals surface area contributed by atoms with Gasteiger partial charge in [-0.25, -0.2) is 4.79 Å². The van der Waals surface area contributed by atoms with Gasteiger partial charge < -0.3 is 10.6 Å². The van der Waals surface area contributed by atoms with Crippen LogP contribution in [-0.2, 0) is 13.0 Å². The van der Waals surface area contributed by atoms with Crippen molar-refractivity contribution >= 4 is 17.5 Å². The van der Waals surface area contributed by atoms with E-state index in [0.717, 1.165) is 36.5 Å². The fraction of sp³-hybridized carbons (Fsp3) is 0.231. The summed E-state index contributed by atoms with van der Waals surface area (Å²) < 4.78 is 0. The van der Waals surface area contributed by atoms with E-state index in [1.807, 2.05) is 30.3 Å². The number of urea groups is 1. The van der Waals surface area contributed by atoms with Gasteiger partial charge in [-0.2, -0.15) is 5.10 Å². The van der Waals surface area contributed by atoms with E-state index >= 15 is 0 Å². The van der Waals surface area contributed by atoms with Crippen molar-refractivity contribution in [2.24, 2.45) is 0 Å². The number of carbonyl (C=O) groups excluding carboxylic acids is 1. The number of amides is 2. The first-order chi connectivity index (χ1) is 9.33. The molecule has 6 nitrogen and oxygen atoms in total. The maximum Gasteiger partial charge on any atom is 0.324 e. The van der Waals surface area contributed by atoms with Crippen LogP contribution in [0.5, 0.6) is 0 Å². The summed E-state index contributed by atoms with van der Waals surface area (Å²) in [5.41, 5.74) is 2.88. The molecule has 2 heterocycles. The van der Waals surface area contributed by atoms with Crippen molar-refractivity contribution in [3.8, 4) is 0 Å². The lowest BCUT2D eigenvalue weighted by molar-refractivity contribution is 0.262. The first kappa shape index (κ1) is 11.7. The highest BCUT2D eigenvalue weighted by molar-refractivity contribution is 5.99. The minimum absolute atomic E-state index is 0.286. The van der Waals surface area contributed by atoms with Gasteiger partial charge in [0.1, 0.15) is 0 Å². The summed E-state index contributed by atoms with van der Waals surface area (Å²) in [5.74, 6) is 0.593. The highest BCUT2D eigenvalue weighted by Crippen LogP contribution is 2.19. The van der Waals surface area contributed by atoms with E-state index in [1.54, 1.807) is 0 Å². The Morgan fingerprint density at radius 2 is 2.05 bits per heavy atom. The summed E-state index contributed by atoms with van der Waals surface area (Å²) in [7, 11) is 0. The van der Waals surface area contributed by atoms with E-state index in [0.29, 0.717) is 5.82 Å². The minimum Gasteiger partial charge on any atom is -0.312 e. The number of hydrogen-bond acceptors (Lipinski definition) is 3. The third-order valence-corrected chi connectivity index (χ3v) is 3.07. The fourth-order valence-electron chi connectivity index (χ4n) is 2.12. The van der Waals surface area contributed by atoms with Crippen molar-refractivity contribution < 1.29 is 4.79 Å². The molecule has 2 amide bonds. The van der Waals surface area contributed by atoms with E-state index < -0.39 is 0 Å². The Kier molecular flexibility index (Phi) is 3.16. The summed E-state index contributed by atoms with van der Waals surface area (Å²) in [4.78, 5) is 11.9. The normalized spacial score (nSPS) is 13.7. The first-order valence-electron chi connectivity index (χ1n) is 6.23. The van der Waals surface area contributed by atoms with Crippen LogP contribution in [0.3, 0.4) is 0 Å². The predicted molar refractivity (Wildman–Crippen MR) is 73.1 cm³/mol. The zero-order valence-electron chi connectivity index (χ0n) is 10.4. The number of nitrogens with one attached hydrogen (secondary N) is 4. The third-order valence-electron chi connectivity index (χ3n) is 3.07. The Bertz CT molecular complexity index is 578. The highest BCUT2D eigenvalue weighted by atomic mass is 16.2. The van der Waals surface area contributed by atoms with Gasteiger partial charge in [-0.3, -0.25) is 10.4 Å². The van der Waals surface area contributed by atoms with Crippen LogP contribution in [0.1, 0.15) is 11.3 Å². The third kappa shape index (κ3) is 2.58. The molecule has 1 aromatic heterocycles. The standard InChI is InChI=1S/C13H15N5O/c19-13(15-9-4-2-1-3-5-9)16-12-10-8-14-7-6-11(10)17-18-12/h1-5,14H,6-8H2,(H3,15,16,17,18,19). The lowest BCUT2D eigenvalue weighted by Crippen LogP contribution is -2.25. The van der Waals surface area contributed by atoms with Gasteiger partial charge >= 0.3 is 6.03 Å². The molecule has 0 fully saturated rings. The predicted octanol–water partition coefficient (Wildman–Crippen LogP) is 1.70. The lowest BCUT2D eigenvalue weighted by Gasteiger charge is -2.13. The molecule has 1 aromatic carbocycles. The van der Waals surface area contributed by atoms with Crippen LogP contribution in [0.4, 0.5) is 16.3 Å². The minimum atomic E-state index is -0.286. The van der Waals surface area contributed by atoms with Crippen LogP contribution in [0.25, 0.3) is 0 Å². The second-order valence-electron chi connectivity index (χ2n) is 4.40. The Hall–Kier alpha value is -2.34. The van der Waals surface area contributed by atoms with Crippen molar-refractivity contribution in [3.63, 3.8) is 0 Å². The molecule has 0 unspecified atom stereocenters. The number of benzene rings is 1. The molecule has 19 heavy (non-hydrogen) atoms. The molecule has 1 aliphatic rings. The Balaban J connectivity index is 1.68. The van der Waals surface area contributed by atoms with Gasteiger partial charge in [0.05, 0.1) is 0 Å². The smallest absolute Gasteiger partial charge is 0.312 e. The number of anilines is 2. The molecule has 0 atom stereocenters. The molecule has 0 aliphatic carbocycles. The van der Waals surface area contributed by atoms with Crippen LogP contribution >= 0.6 is 0 Å². The maximum atomic E-state index is 11.9. The summed E-state index contributed by atoms with van der Waals surface area (Å²) in [6.07, 6.45) is 0.907. The van der Waals surface area contributed by atoms with Crippen LogP contribution < -0.4 is 16.0 Å². The number of hydrogen-bond donors (Lipinski definition) is 4. The molecular formula is C13H15N5O. The number of carbonyl (C=O) groups is 1. The number of nitrogens with zero attached hydrogens (tertiary/aromatic N) is 1. The number of rotatable bonds is 2. The average Bonchev–Trinajstić information content (AvgIpc) is 2.83. The van der Waals surface area contributed by atoms with Crippen LogP contribution in [0, 0.1) is 0 Å². The Labute approximate surface area is 110 Å². The SMILES string of the molecule is O=C(Nc1ccccc1)Nc1n[nH]c2c1CNCC2. The van der Waals surface area contributed by atoms with Crippen LogP contribution in [0.15, 0.2) is 30.3 Å². The zero-order valence-corrected chi connectivity index (χ0v) is 10.4. The van der Waals surface area contributed by atoms with Crippen LogP contribution in [-0.4, -0.2) is 22.8 Å². The van der Waals surface area contributed by atoms with Crippen molar-refractivity contribution in [1.82, 2.24) is 15.5 Å². The van der Waals surface area contributed by atoms with Gasteiger partial charge in [0.15, 0.2) is 5.82 Å². The molecule has 6 heteroatoms. The van der Waals surface area contributed by atoms with Crippen molar-refractivity contribution in [3.05, 3.63) is 41.6 Å². The van der Waals surface area contributed by atoms with Crippen molar-refractivity contribution in [1.29, 1.82) is 0 Å². The number of para-hydroxylation sites is 1. The molecule has 0 spiro atoms. The van der Waals surface area contributed by atoms with Gasteiger partial charge in [0.2, 0.25) is 0 Å². The van der Waals surface area contributed by atoms with Gasteiger partial charge in [-0.15, -0.1) is 0 Å². The monoisotopic (exact) mass is 257 g/mol. The second kappa shape index (κ2) is 5.11. The molecule has 0 radical (unpaired) electrons. The quantitative estimate of drug-likeness (QED) is 0.661. The lowest BCUT2D eigenvalue weighted by atomic mass is 10.1. The molecule has 98 valence electrons. The van der Waals surface area contributed by atoms with E-state index in [4.69, 9.17) is 0 Å². The van der Waals surface area contributed by atoms with Gasteiger partial charge in [0.25, 0.3) is 0 Å². The fourth-order valence-corrected chi connectivity index (χ4v) is 2.12. The molecule has 0 bridgehead atoms. The van der Waals surface area contributed by atoms with Crippen LogP contribution in [0.2, 0.25) is 0 Å². The van der Waals surface area contributed by atoms with Gasteiger partial charge in [0, 0.05) is 36.5 Å². The molecule has 0 saturated heterocycles. The largest absolute Gasteiger partial charge is 0.324 e. The van der Waals surface area contributed by atoms with Crippen molar-refractivity contribution in [2.45, 2.75) is 13.0 Å². The highest BCUT2D eigenvalue weighted by Gasteiger charge is 2.17. The number of aromatic nitrogens is 2. The van der Waals surface area contributed by atoms with E-state index in [1.165, 1.54) is 0 Å². The van der Waals surface area contributed by atoms with E-state index in [2.05, 4.69) is 26.1 Å². The van der Waals surface area contributed by atoms with E-state index in [9.17, 15) is 4.79 Å². The Morgan fingerprint density at radius 1 is 1.21 bits per heavy atom. The zero-order chi connectivity index (χ0) is 13.1. The first-order valence-corrected chi connectivity index (χ1v) is 6.23. The maximum absolute atomic E-state index is 11.9. The topological polar surface area (TPSA) is 81.8 Å². The van der Waals surface area contributed by atoms with Gasteiger partial charge in [-0.1, -0.05) is 18.2 Å². The summed E-state index contributed by atoms with van der Waals surface area (Å²) in [6, 6.07) is 9.03. The molecule has 2 aromatic rings. The number of fused-ring (bicyclic) bond motifs is 1. The molecule has 3 rings (SSSR count). The number of H-pyrrole nitrogens is 1. The molecule has 4 N–H and O–H groups in total. The van der Waals surface area contributed by atoms with Gasteiger partial charge in [-0.05, 0) is 12.1 Å². The molecular weight excluding hydrogens is 242 g/mol. The summed E-state index contributed by atoms with van der Waals surface area (Å²) in [5, 5.41) is 15.9. The molecule has 1 aliphatic heterocycles.